The lowest BCUT2D eigenvalue weighted by molar-refractivity contribution is -0.162. The van der Waals surface area contributed by atoms with Crippen LogP contribution in [-0.2, 0) is 61.3 Å². The molecule has 16 atom stereocenters. The molecule has 0 aromatic rings. The van der Waals surface area contributed by atoms with Crippen LogP contribution in [0, 0.1) is 59.2 Å². The van der Waals surface area contributed by atoms with Crippen molar-refractivity contribution in [3.8, 4) is 0 Å². The van der Waals surface area contributed by atoms with E-state index in [0.29, 0.717) is 44.9 Å². The minimum Gasteiger partial charge on any atom is -0.462 e. The van der Waals surface area contributed by atoms with Gasteiger partial charge >= 0.3 is 39.5 Å². The van der Waals surface area contributed by atoms with Crippen LogP contribution in [0.1, 0.15) is 182 Å². The Hall–Kier alpha value is -3.27. The van der Waals surface area contributed by atoms with Crippen molar-refractivity contribution in [3.05, 3.63) is 47.3 Å². The Morgan fingerprint density at radius 3 is 1.54 bits per heavy atom. The number of hydrogen-bond acceptors (Lipinski definition) is 13. The van der Waals surface area contributed by atoms with Crippen LogP contribution in [0.4, 0.5) is 13.2 Å². The quantitative estimate of drug-likeness (QED) is 0.0418. The van der Waals surface area contributed by atoms with Gasteiger partial charge in [-0.25, -0.2) is 0 Å². The Morgan fingerprint density at radius 1 is 0.700 bits per heavy atom. The summed E-state index contributed by atoms with van der Waals surface area (Å²) in [5.41, 5.74) is -4.51. The Labute approximate surface area is 488 Å². The third kappa shape index (κ3) is 17.2. The fourth-order valence-corrected chi connectivity index (χ4v) is 14.7. The largest absolute Gasteiger partial charge is 0.534 e. The molecule has 2 heterocycles. The van der Waals surface area contributed by atoms with Crippen molar-refractivity contribution in [1.82, 2.24) is 0 Å². The van der Waals surface area contributed by atoms with Crippen LogP contribution in [0.25, 0.3) is 0 Å². The number of rotatable bonds is 18. The first-order valence-electron chi connectivity index (χ1n) is 32.2. The van der Waals surface area contributed by atoms with Crippen molar-refractivity contribution in [1.29, 1.82) is 0 Å². The summed E-state index contributed by atoms with van der Waals surface area (Å²) in [7, 11) is -10.3. The second kappa shape index (κ2) is 26.8. The fraction of sp³-hybridized carbons (Fsp3) is 0.803. The lowest BCUT2D eigenvalue weighted by atomic mass is 9.64. The van der Waals surface area contributed by atoms with Gasteiger partial charge in [0, 0.05) is 38.8 Å². The topological polar surface area (TPSA) is 167 Å². The normalized spacial score (nSPS) is 33.6. The summed E-state index contributed by atoms with van der Waals surface area (Å²) >= 11 is 0. The van der Waals surface area contributed by atoms with E-state index in [0.717, 1.165) is 18.1 Å². The molecule has 19 heteroatoms. The van der Waals surface area contributed by atoms with Crippen molar-refractivity contribution >= 4 is 50.6 Å². The molecule has 80 heavy (non-hydrogen) atoms. The number of ether oxygens (including phenoxy) is 4. The first-order chi connectivity index (χ1) is 39.2. The zero-order valence-electron chi connectivity index (χ0n) is 56.5. The first-order valence-corrected chi connectivity index (χ1v) is 36.4. The molecular formula is C61H99F3O13SSi2. The molecular weight excluding hydrogens is 1090 g/mol. The van der Waals surface area contributed by atoms with E-state index < -0.39 is 117 Å². The van der Waals surface area contributed by atoms with Crippen molar-refractivity contribution in [2.24, 2.45) is 59.2 Å². The van der Waals surface area contributed by atoms with Crippen molar-refractivity contribution in [2.45, 2.75) is 252 Å². The van der Waals surface area contributed by atoms with Crippen LogP contribution in [0.5, 0.6) is 0 Å². The van der Waals surface area contributed by atoms with Crippen LogP contribution in [0.2, 0.25) is 36.3 Å². The second-order valence-corrected chi connectivity index (χ2v) is 37.8. The summed E-state index contributed by atoms with van der Waals surface area (Å²) in [5.74, 6) is -6.35. The van der Waals surface area contributed by atoms with Crippen LogP contribution in [0.3, 0.4) is 0 Å². The molecule has 0 bridgehead atoms. The molecule has 0 radical (unpaired) electrons. The zero-order chi connectivity index (χ0) is 65.2. The average Bonchev–Trinajstić information content (AvgIpc) is 0.817. The molecule has 0 aromatic carbocycles. The highest BCUT2D eigenvalue weighted by molar-refractivity contribution is 7.87. The number of alkyl halides is 3. The summed E-state index contributed by atoms with van der Waals surface area (Å²) in [5, 5.41) is -0.0371. The van der Waals surface area contributed by atoms with Gasteiger partial charge in [-0.2, -0.15) is 21.6 Å². The third-order valence-electron chi connectivity index (χ3n) is 18.6. The van der Waals surface area contributed by atoms with Gasteiger partial charge in [0.15, 0.2) is 16.6 Å². The van der Waals surface area contributed by atoms with Gasteiger partial charge in [-0.1, -0.05) is 121 Å². The minimum atomic E-state index is -6.03. The van der Waals surface area contributed by atoms with E-state index in [-0.39, 0.29) is 95.3 Å². The summed E-state index contributed by atoms with van der Waals surface area (Å²) in [4.78, 5) is 51.0. The van der Waals surface area contributed by atoms with Gasteiger partial charge in [0.25, 0.3) is 0 Å². The average molecular weight is 1190 g/mol. The van der Waals surface area contributed by atoms with E-state index in [1.165, 1.54) is 13.0 Å². The van der Waals surface area contributed by atoms with E-state index in [2.05, 4.69) is 84.9 Å². The lowest BCUT2D eigenvalue weighted by Gasteiger charge is -2.45. The van der Waals surface area contributed by atoms with Gasteiger partial charge in [0.1, 0.15) is 30.2 Å². The number of cyclic esters (lactones) is 2. The van der Waals surface area contributed by atoms with Crippen LogP contribution in [0.15, 0.2) is 47.3 Å². The Morgan fingerprint density at radius 2 is 1.12 bits per heavy atom. The maximum Gasteiger partial charge on any atom is 0.534 e. The predicted octanol–water partition coefficient (Wildman–Crippen LogP) is 14.6. The van der Waals surface area contributed by atoms with E-state index in [1.807, 2.05) is 26.0 Å². The van der Waals surface area contributed by atoms with Gasteiger partial charge in [0.05, 0.1) is 36.9 Å². The lowest BCUT2D eigenvalue weighted by Crippen LogP contribution is -2.47. The summed E-state index contributed by atoms with van der Waals surface area (Å²) in [6.45, 7) is 27.7. The highest BCUT2D eigenvalue weighted by Gasteiger charge is 2.52. The van der Waals surface area contributed by atoms with E-state index >= 15 is 0 Å². The number of hydrogen-bond donors (Lipinski definition) is 0. The van der Waals surface area contributed by atoms with Gasteiger partial charge in [0.2, 0.25) is 0 Å². The Kier molecular flexibility index (Phi) is 19.6. The number of carbonyl (C=O) groups excluding carboxylic acids is 4. The third-order valence-corrected chi connectivity index (χ3v) is 28.6. The molecule has 2 fully saturated rings. The number of allylic oxidation sites excluding steroid dienone is 6. The molecule has 0 N–H and O–H groups in total. The smallest absolute Gasteiger partial charge is 0.462 e. The van der Waals surface area contributed by atoms with E-state index in [4.69, 9.17) is 36.0 Å². The highest BCUT2D eigenvalue weighted by atomic mass is 32.2. The standard InChI is InChI=1S/C31H49F3O8SSi.C30H50O5Si/c1-10-19(3)29(36)40-26-14-18(2)13-21-15-25(41-43(37,38)31(32,33)34)20(4)24(28(21)26)12-11-22-16-23(17-27(35)39-22)42-44(8,9)30(5,6)7;1-10-20(3)29(32)34-26-16-19(2)15-22-12-11-21(4)25(28(22)26)14-13-23-17-24(18-27(31)33-23)35-36(8,9)30(5,6)7/h13,15,18-20,22-24,26,28H,10-12,14,16-17H2,1-9H3;11-12,15,19-21,23-26,28H,10,13-14,16-18H2,1-9H3/t18?,19-,20+,22?,23+,24-,26?,28-;19?,20-,21-,23?,24+,25-,26?,28-/m00/s1/i2*2D3. The maximum absolute atomic E-state index is 13.4. The summed E-state index contributed by atoms with van der Waals surface area (Å²) < 4.78 is 154. The Balaban J connectivity index is 0.000000319. The first kappa shape index (κ1) is 58.5. The van der Waals surface area contributed by atoms with Crippen molar-refractivity contribution < 1.29 is 81.0 Å². The minimum absolute atomic E-state index is 0.0538. The molecule has 2 aliphatic heterocycles. The maximum atomic E-state index is 13.4. The molecule has 6 aliphatic rings. The zero-order valence-corrected chi connectivity index (χ0v) is 53.3. The summed E-state index contributed by atoms with van der Waals surface area (Å²) in [6, 6.07) is 0. The number of carbonyl (C=O) groups is 4. The SMILES string of the molecule is [2H]C([2H])([2H])C1C=C2C=C(OS(=O)(=O)C(F)(F)F)[C@H](C)[C@H](CCC3C[C@@H](O[Si](C)(C)C(C)(C)C)CC(=O)O3)[C@H]2C(OC(=O)[C@@H](C)CC)C1.[2H]C([2H])([2H])C1C=C2C=C[C@H](C)[C@H](CCC3C[C@@H](O[Si](C)(C)C(C)(C)C)CC(=O)O3)[C@H]2C(OC(=O)[C@@H](C)CC)C1. The molecule has 0 spiro atoms. The van der Waals surface area contributed by atoms with Crippen LogP contribution in [-0.4, -0.2) is 91.1 Å². The predicted molar refractivity (Wildman–Crippen MR) is 309 cm³/mol. The highest BCUT2D eigenvalue weighted by Crippen LogP contribution is 2.50. The van der Waals surface area contributed by atoms with E-state index in [9.17, 15) is 40.8 Å². The molecule has 13 nitrogen and oxygen atoms in total. The van der Waals surface area contributed by atoms with E-state index in [1.54, 1.807) is 13.8 Å². The molecule has 6 rings (SSSR count). The van der Waals surface area contributed by atoms with Crippen LogP contribution < -0.4 is 0 Å². The van der Waals surface area contributed by atoms with Gasteiger partial charge in [-0.05, 0) is 134 Å². The number of halogens is 3. The van der Waals surface area contributed by atoms with Crippen molar-refractivity contribution in [2.75, 3.05) is 0 Å². The van der Waals surface area contributed by atoms with Gasteiger partial charge in [-0.15, -0.1) is 0 Å². The van der Waals surface area contributed by atoms with Gasteiger partial charge < -0.3 is 32.0 Å². The molecule has 2 saturated heterocycles. The fourth-order valence-electron chi connectivity index (χ4n) is 11.4. The number of esters is 4. The molecule has 0 aromatic heterocycles. The Bertz CT molecular complexity index is 2640. The molecule has 6 unspecified atom stereocenters. The second-order valence-electron chi connectivity index (χ2n) is 26.8. The monoisotopic (exact) mass is 1190 g/mol. The number of fused-ring (bicyclic) bond motifs is 2. The molecule has 0 amide bonds. The van der Waals surface area contributed by atoms with Gasteiger partial charge in [-0.3, -0.25) is 19.2 Å². The summed E-state index contributed by atoms with van der Waals surface area (Å²) in [6.07, 6.45) is 10.7. The molecule has 456 valence electrons. The van der Waals surface area contributed by atoms with Crippen LogP contribution >= 0.6 is 0 Å². The molecule has 0 saturated carbocycles. The van der Waals surface area contributed by atoms with Crippen molar-refractivity contribution in [3.63, 3.8) is 0 Å². The molecule has 4 aliphatic carbocycles.